The van der Waals surface area contributed by atoms with Gasteiger partial charge in [0.05, 0.1) is 5.69 Å². The van der Waals surface area contributed by atoms with Crippen LogP contribution >= 0.6 is 0 Å². The van der Waals surface area contributed by atoms with Gasteiger partial charge in [0.15, 0.2) is 5.69 Å². The van der Waals surface area contributed by atoms with E-state index in [4.69, 9.17) is 0 Å². The van der Waals surface area contributed by atoms with E-state index in [1.165, 1.54) is 0 Å². The highest BCUT2D eigenvalue weighted by atomic mass is 19.4. The van der Waals surface area contributed by atoms with Crippen LogP contribution in [0.4, 0.5) is 13.2 Å². The van der Waals surface area contributed by atoms with E-state index in [9.17, 15) is 13.2 Å². The van der Waals surface area contributed by atoms with Crippen molar-refractivity contribution >= 4 is 5.78 Å². The average Bonchev–Trinajstić information content (AvgIpc) is 2.91. The lowest BCUT2D eigenvalue weighted by Crippen LogP contribution is -2.21. The number of hydrogen-bond donors (Lipinski definition) is 0. The number of aryl methyl sites for hydroxylation is 1. The highest BCUT2D eigenvalue weighted by Crippen LogP contribution is 2.39. The second kappa shape index (κ2) is 4.03. The molecule has 4 rings (SSSR count). The number of aromatic nitrogens is 4. The Morgan fingerprint density at radius 2 is 1.90 bits per heavy atom. The van der Waals surface area contributed by atoms with Crippen LogP contribution in [-0.4, -0.2) is 19.6 Å². The Morgan fingerprint density at radius 1 is 1.10 bits per heavy atom. The van der Waals surface area contributed by atoms with Crippen LogP contribution in [0, 0.1) is 0 Å². The summed E-state index contributed by atoms with van der Waals surface area (Å²) in [6.07, 6.45) is -2.54. The molecule has 0 aliphatic heterocycles. The zero-order valence-corrected chi connectivity index (χ0v) is 10.7. The normalized spacial score (nSPS) is 14.0. The lowest BCUT2D eigenvalue weighted by molar-refractivity contribution is -0.143. The molecule has 4 nitrogen and oxygen atoms in total. The van der Waals surface area contributed by atoms with Crippen LogP contribution in [-0.2, 0) is 19.0 Å². The van der Waals surface area contributed by atoms with E-state index >= 15 is 0 Å². The maximum absolute atomic E-state index is 13.4. The first-order valence-corrected chi connectivity index (χ1v) is 6.44. The van der Waals surface area contributed by atoms with Gasteiger partial charge in [-0.05, 0) is 18.4 Å². The van der Waals surface area contributed by atoms with Crippen LogP contribution in [0.3, 0.4) is 0 Å². The number of alkyl halides is 3. The minimum atomic E-state index is -4.49. The van der Waals surface area contributed by atoms with Crippen molar-refractivity contribution in [3.8, 4) is 11.3 Å². The van der Waals surface area contributed by atoms with Crippen molar-refractivity contribution in [2.45, 2.75) is 19.0 Å². The molecule has 1 aliphatic rings. The van der Waals surface area contributed by atoms with Gasteiger partial charge in [-0.25, -0.2) is 4.98 Å². The third-order valence-electron chi connectivity index (χ3n) is 3.71. The van der Waals surface area contributed by atoms with Crippen molar-refractivity contribution in [1.29, 1.82) is 0 Å². The molecule has 0 atom stereocenters. The van der Waals surface area contributed by atoms with Crippen LogP contribution in [0.5, 0.6) is 0 Å². The number of halogens is 3. The Morgan fingerprint density at radius 3 is 2.71 bits per heavy atom. The van der Waals surface area contributed by atoms with Gasteiger partial charge in [0, 0.05) is 11.1 Å². The summed E-state index contributed by atoms with van der Waals surface area (Å²) in [5.41, 5.74) is 1.54. The van der Waals surface area contributed by atoms with Gasteiger partial charge >= 0.3 is 6.18 Å². The van der Waals surface area contributed by atoms with E-state index < -0.39 is 11.9 Å². The molecule has 1 aliphatic carbocycles. The summed E-state index contributed by atoms with van der Waals surface area (Å²) >= 11 is 0. The summed E-state index contributed by atoms with van der Waals surface area (Å²) in [6.45, 7) is 0. The van der Waals surface area contributed by atoms with E-state index in [0.29, 0.717) is 18.5 Å². The molecule has 106 valence electrons. The van der Waals surface area contributed by atoms with Gasteiger partial charge in [-0.1, -0.05) is 24.3 Å². The molecule has 0 saturated carbocycles. The maximum Gasteiger partial charge on any atom is 0.433 e. The van der Waals surface area contributed by atoms with E-state index in [1.807, 2.05) is 12.1 Å². The summed E-state index contributed by atoms with van der Waals surface area (Å²) in [5, 5.41) is 3.67. The molecule has 0 unspecified atom stereocenters. The SMILES string of the molecule is FC(F)(F)c1c2c(nc3ncnn13)-c1ccccc1CC2. The van der Waals surface area contributed by atoms with Crippen LogP contribution in [0.2, 0.25) is 0 Å². The molecule has 2 heterocycles. The van der Waals surface area contributed by atoms with Gasteiger partial charge in [0.1, 0.15) is 6.33 Å². The van der Waals surface area contributed by atoms with Gasteiger partial charge in [-0.2, -0.15) is 27.8 Å². The monoisotopic (exact) mass is 290 g/mol. The first-order valence-electron chi connectivity index (χ1n) is 6.44. The number of rotatable bonds is 0. The molecule has 0 bridgehead atoms. The minimum absolute atomic E-state index is 0.0298. The van der Waals surface area contributed by atoms with Gasteiger partial charge in [0.25, 0.3) is 5.78 Å². The lowest BCUT2D eigenvalue weighted by atomic mass is 9.88. The van der Waals surface area contributed by atoms with Crippen LogP contribution < -0.4 is 0 Å². The first-order chi connectivity index (χ1) is 10.1. The first kappa shape index (κ1) is 12.3. The molecule has 2 aromatic heterocycles. The minimum Gasteiger partial charge on any atom is -0.211 e. The van der Waals surface area contributed by atoms with Gasteiger partial charge in [-0.3, -0.25) is 0 Å². The largest absolute Gasteiger partial charge is 0.433 e. The predicted molar refractivity (Wildman–Crippen MR) is 68.6 cm³/mol. The molecule has 7 heteroatoms. The average molecular weight is 290 g/mol. The molecule has 0 N–H and O–H groups in total. The third-order valence-corrected chi connectivity index (χ3v) is 3.71. The zero-order valence-electron chi connectivity index (χ0n) is 10.7. The topological polar surface area (TPSA) is 43.1 Å². The molecule has 0 radical (unpaired) electrons. The van der Waals surface area contributed by atoms with E-state index in [-0.39, 0.29) is 11.3 Å². The highest BCUT2D eigenvalue weighted by molar-refractivity contribution is 5.71. The van der Waals surface area contributed by atoms with Crippen LogP contribution in [0.25, 0.3) is 17.0 Å². The Hall–Kier alpha value is -2.44. The Bertz CT molecular complexity index is 851. The van der Waals surface area contributed by atoms with Gasteiger partial charge in [-0.15, -0.1) is 0 Å². The number of nitrogens with zero attached hydrogens (tertiary/aromatic N) is 4. The molecule has 3 aromatic rings. The standard InChI is InChI=1S/C14H9F3N4/c15-14(16,17)12-10-6-5-8-3-1-2-4-9(8)11(10)20-13-18-7-19-21(12)13/h1-4,7H,5-6H2. The van der Waals surface area contributed by atoms with Gasteiger partial charge < -0.3 is 0 Å². The lowest BCUT2D eigenvalue weighted by Gasteiger charge is -2.22. The Labute approximate surface area is 117 Å². The summed E-state index contributed by atoms with van der Waals surface area (Å²) in [6, 6.07) is 7.40. The fourth-order valence-electron chi connectivity index (χ4n) is 2.86. The number of hydrogen-bond acceptors (Lipinski definition) is 3. The van der Waals surface area contributed by atoms with Crippen molar-refractivity contribution in [2.75, 3.05) is 0 Å². The Kier molecular flexibility index (Phi) is 2.36. The van der Waals surface area contributed by atoms with Crippen molar-refractivity contribution in [3.63, 3.8) is 0 Å². The van der Waals surface area contributed by atoms with Gasteiger partial charge in [0.2, 0.25) is 0 Å². The number of benzene rings is 1. The molecular formula is C14H9F3N4. The predicted octanol–water partition coefficient (Wildman–Crippen LogP) is 2.91. The van der Waals surface area contributed by atoms with Crippen molar-refractivity contribution in [1.82, 2.24) is 19.6 Å². The van der Waals surface area contributed by atoms with Crippen LogP contribution in [0.1, 0.15) is 16.8 Å². The fourth-order valence-corrected chi connectivity index (χ4v) is 2.86. The summed E-state index contributed by atoms with van der Waals surface area (Å²) < 4.78 is 41.1. The summed E-state index contributed by atoms with van der Waals surface area (Å²) in [5.74, 6) is -0.0298. The molecule has 0 spiro atoms. The summed E-state index contributed by atoms with van der Waals surface area (Å²) in [4.78, 5) is 8.10. The smallest absolute Gasteiger partial charge is 0.211 e. The maximum atomic E-state index is 13.4. The highest BCUT2D eigenvalue weighted by Gasteiger charge is 2.40. The summed E-state index contributed by atoms with van der Waals surface area (Å²) in [7, 11) is 0. The second-order valence-corrected chi connectivity index (χ2v) is 4.91. The molecule has 1 aromatic carbocycles. The van der Waals surface area contributed by atoms with E-state index in [1.54, 1.807) is 12.1 Å². The quantitative estimate of drug-likeness (QED) is 0.639. The molecule has 21 heavy (non-hydrogen) atoms. The van der Waals surface area contributed by atoms with E-state index in [2.05, 4.69) is 15.1 Å². The molecule has 0 amide bonds. The van der Waals surface area contributed by atoms with Crippen LogP contribution in [0.15, 0.2) is 30.6 Å². The van der Waals surface area contributed by atoms with Crippen molar-refractivity contribution < 1.29 is 13.2 Å². The Balaban J connectivity index is 2.13. The van der Waals surface area contributed by atoms with Crippen molar-refractivity contribution in [3.05, 3.63) is 47.4 Å². The number of fused-ring (bicyclic) bond motifs is 4. The van der Waals surface area contributed by atoms with E-state index in [0.717, 1.165) is 22.0 Å². The van der Waals surface area contributed by atoms with Crippen molar-refractivity contribution in [2.24, 2.45) is 0 Å². The molecular weight excluding hydrogens is 281 g/mol. The second-order valence-electron chi connectivity index (χ2n) is 4.91. The zero-order chi connectivity index (χ0) is 14.6. The molecule has 0 fully saturated rings. The molecule has 0 saturated heterocycles. The fraction of sp³-hybridized carbons (Fsp3) is 0.214. The third kappa shape index (κ3) is 1.73.